The quantitative estimate of drug-likeness (QED) is 0.448. The van der Waals surface area contributed by atoms with E-state index in [-0.39, 0.29) is 0 Å². The first-order chi connectivity index (χ1) is 11.6. The molecule has 0 aliphatic carbocycles. The van der Waals surface area contributed by atoms with Gasteiger partial charge in [-0.2, -0.15) is 0 Å². The van der Waals surface area contributed by atoms with Crippen LogP contribution < -0.4 is 10.6 Å². The molecule has 7 nitrogen and oxygen atoms in total. The van der Waals surface area contributed by atoms with E-state index in [1.54, 1.807) is 0 Å². The van der Waals surface area contributed by atoms with Crippen LogP contribution in [0.25, 0.3) is 0 Å². The molecule has 136 valence electrons. The highest BCUT2D eigenvalue weighted by Gasteiger charge is 2.17. The van der Waals surface area contributed by atoms with E-state index in [4.69, 9.17) is 0 Å². The summed E-state index contributed by atoms with van der Waals surface area (Å²) in [6.07, 6.45) is 5.21. The first kappa shape index (κ1) is 18.7. The van der Waals surface area contributed by atoms with Gasteiger partial charge in [-0.15, -0.1) is 10.2 Å². The predicted molar refractivity (Wildman–Crippen MR) is 98.1 cm³/mol. The Bertz CT molecular complexity index is 523. The standard InChI is InChI=1S/C17H33N7/c1-5-18-17(20-13-16-22-21-15(3)23(16)4)19-10-8-12-24-11-7-6-9-14(24)2/h14H,5-13H2,1-4H3,(H2,18,19,20). The molecule has 0 radical (unpaired) electrons. The number of aryl methyl sites for hydroxylation is 1. The molecule has 1 aliphatic heterocycles. The molecular formula is C17H33N7. The van der Waals surface area contributed by atoms with Gasteiger partial charge in [-0.05, 0) is 46.6 Å². The molecule has 1 aromatic heterocycles. The smallest absolute Gasteiger partial charge is 0.191 e. The molecule has 2 heterocycles. The number of likely N-dealkylation sites (tertiary alicyclic amines) is 1. The van der Waals surface area contributed by atoms with Crippen LogP contribution in [-0.4, -0.2) is 57.8 Å². The maximum absolute atomic E-state index is 4.61. The molecule has 7 heteroatoms. The van der Waals surface area contributed by atoms with Crippen LogP contribution in [0.5, 0.6) is 0 Å². The lowest BCUT2D eigenvalue weighted by Gasteiger charge is -2.33. The summed E-state index contributed by atoms with van der Waals surface area (Å²) in [6, 6.07) is 0.736. The Morgan fingerprint density at radius 2 is 2.12 bits per heavy atom. The van der Waals surface area contributed by atoms with Crippen LogP contribution in [0.1, 0.15) is 51.2 Å². The summed E-state index contributed by atoms with van der Waals surface area (Å²) >= 11 is 0. The van der Waals surface area contributed by atoms with Crippen LogP contribution in [0.4, 0.5) is 0 Å². The molecule has 1 fully saturated rings. The van der Waals surface area contributed by atoms with Gasteiger partial charge < -0.3 is 20.1 Å². The SMILES string of the molecule is CCNC(=NCc1nnc(C)n1C)NCCCN1CCCCC1C. The molecule has 1 saturated heterocycles. The van der Waals surface area contributed by atoms with Crippen molar-refractivity contribution >= 4 is 5.96 Å². The second kappa shape index (κ2) is 9.61. The average Bonchev–Trinajstić information content (AvgIpc) is 2.89. The number of piperidine rings is 1. The molecule has 2 N–H and O–H groups in total. The lowest BCUT2D eigenvalue weighted by atomic mass is 10.0. The summed E-state index contributed by atoms with van der Waals surface area (Å²) in [5.74, 6) is 2.64. The lowest BCUT2D eigenvalue weighted by Crippen LogP contribution is -2.41. The molecule has 1 aliphatic rings. The van der Waals surface area contributed by atoms with E-state index in [2.05, 4.69) is 44.6 Å². The number of aromatic nitrogens is 3. The number of aliphatic imine (C=N–C) groups is 1. The Hall–Kier alpha value is -1.63. The van der Waals surface area contributed by atoms with Gasteiger partial charge in [-0.25, -0.2) is 4.99 Å². The maximum Gasteiger partial charge on any atom is 0.191 e. The minimum absolute atomic E-state index is 0.538. The third kappa shape index (κ3) is 5.47. The molecule has 0 spiro atoms. The molecule has 1 unspecified atom stereocenters. The fourth-order valence-electron chi connectivity index (χ4n) is 3.06. The summed E-state index contributed by atoms with van der Waals surface area (Å²) in [5, 5.41) is 14.9. The number of guanidine groups is 1. The van der Waals surface area contributed by atoms with Gasteiger partial charge in [0.2, 0.25) is 0 Å². The average molecular weight is 336 g/mol. The number of nitrogens with one attached hydrogen (secondary N) is 2. The molecule has 2 rings (SSSR count). The lowest BCUT2D eigenvalue weighted by molar-refractivity contribution is 0.159. The first-order valence-electron chi connectivity index (χ1n) is 9.23. The van der Waals surface area contributed by atoms with Crippen LogP contribution in [0.3, 0.4) is 0 Å². The van der Waals surface area contributed by atoms with Crippen molar-refractivity contribution in [1.29, 1.82) is 0 Å². The van der Waals surface area contributed by atoms with Crippen molar-refractivity contribution in [1.82, 2.24) is 30.3 Å². The molecule has 0 aromatic carbocycles. The summed E-state index contributed by atoms with van der Waals surface area (Å²) in [5.41, 5.74) is 0. The third-order valence-corrected chi connectivity index (χ3v) is 4.76. The first-order valence-corrected chi connectivity index (χ1v) is 9.23. The Morgan fingerprint density at radius 3 is 2.79 bits per heavy atom. The Morgan fingerprint density at radius 1 is 1.29 bits per heavy atom. The van der Waals surface area contributed by atoms with Crippen molar-refractivity contribution < 1.29 is 0 Å². The number of hydrogen-bond donors (Lipinski definition) is 2. The fourth-order valence-corrected chi connectivity index (χ4v) is 3.06. The van der Waals surface area contributed by atoms with Gasteiger partial charge >= 0.3 is 0 Å². The fraction of sp³-hybridized carbons (Fsp3) is 0.824. The molecule has 1 aromatic rings. The van der Waals surface area contributed by atoms with Crippen molar-refractivity contribution in [2.45, 2.75) is 59.0 Å². The molecule has 24 heavy (non-hydrogen) atoms. The van der Waals surface area contributed by atoms with E-state index in [0.29, 0.717) is 6.54 Å². The third-order valence-electron chi connectivity index (χ3n) is 4.76. The van der Waals surface area contributed by atoms with Crippen molar-refractivity contribution in [3.05, 3.63) is 11.6 Å². The Kier molecular flexibility index (Phi) is 7.49. The van der Waals surface area contributed by atoms with Crippen molar-refractivity contribution in [3.63, 3.8) is 0 Å². The number of nitrogens with zero attached hydrogens (tertiary/aromatic N) is 5. The van der Waals surface area contributed by atoms with E-state index >= 15 is 0 Å². The van der Waals surface area contributed by atoms with Crippen LogP contribution >= 0.6 is 0 Å². The van der Waals surface area contributed by atoms with Crippen LogP contribution in [-0.2, 0) is 13.6 Å². The van der Waals surface area contributed by atoms with Crippen molar-refractivity contribution in [2.24, 2.45) is 12.0 Å². The van der Waals surface area contributed by atoms with Gasteiger partial charge in [0.05, 0.1) is 0 Å². The van der Waals surface area contributed by atoms with Gasteiger partial charge in [0.25, 0.3) is 0 Å². The Labute approximate surface area is 145 Å². The van der Waals surface area contributed by atoms with Crippen LogP contribution in [0.2, 0.25) is 0 Å². The topological polar surface area (TPSA) is 70.4 Å². The van der Waals surface area contributed by atoms with E-state index in [1.807, 2.05) is 18.5 Å². The zero-order valence-electron chi connectivity index (χ0n) is 15.7. The largest absolute Gasteiger partial charge is 0.357 e. The van der Waals surface area contributed by atoms with Gasteiger partial charge in [-0.3, -0.25) is 0 Å². The molecular weight excluding hydrogens is 302 g/mol. The van der Waals surface area contributed by atoms with Crippen LogP contribution in [0.15, 0.2) is 4.99 Å². The summed E-state index contributed by atoms with van der Waals surface area (Å²) in [4.78, 5) is 7.22. The minimum Gasteiger partial charge on any atom is -0.357 e. The van der Waals surface area contributed by atoms with E-state index in [1.165, 1.54) is 25.8 Å². The highest BCUT2D eigenvalue weighted by atomic mass is 15.3. The van der Waals surface area contributed by atoms with Gasteiger partial charge in [0.15, 0.2) is 11.8 Å². The van der Waals surface area contributed by atoms with Gasteiger partial charge in [0.1, 0.15) is 12.4 Å². The van der Waals surface area contributed by atoms with Crippen molar-refractivity contribution in [3.8, 4) is 0 Å². The highest BCUT2D eigenvalue weighted by molar-refractivity contribution is 5.79. The van der Waals surface area contributed by atoms with Crippen molar-refractivity contribution in [2.75, 3.05) is 26.2 Å². The van der Waals surface area contributed by atoms with E-state index < -0.39 is 0 Å². The molecule has 0 bridgehead atoms. The molecule has 1 atom stereocenters. The van der Waals surface area contributed by atoms with Gasteiger partial charge in [0, 0.05) is 32.7 Å². The van der Waals surface area contributed by atoms with E-state index in [9.17, 15) is 0 Å². The molecule has 0 saturated carbocycles. The normalized spacial score (nSPS) is 19.5. The van der Waals surface area contributed by atoms with Crippen LogP contribution in [0, 0.1) is 6.92 Å². The van der Waals surface area contributed by atoms with Gasteiger partial charge in [-0.1, -0.05) is 6.42 Å². The Balaban J connectivity index is 1.76. The summed E-state index contributed by atoms with van der Waals surface area (Å²) in [7, 11) is 1.97. The minimum atomic E-state index is 0.538. The van der Waals surface area contributed by atoms with E-state index in [0.717, 1.165) is 49.7 Å². The number of hydrogen-bond acceptors (Lipinski definition) is 4. The predicted octanol–water partition coefficient (Wildman–Crippen LogP) is 1.44. The number of rotatable bonds is 7. The second-order valence-electron chi connectivity index (χ2n) is 6.58. The monoisotopic (exact) mass is 335 g/mol. The zero-order chi connectivity index (χ0) is 17.4. The maximum atomic E-state index is 4.61. The highest BCUT2D eigenvalue weighted by Crippen LogP contribution is 2.15. The second-order valence-corrected chi connectivity index (χ2v) is 6.58. The summed E-state index contributed by atoms with van der Waals surface area (Å²) < 4.78 is 1.98. The zero-order valence-corrected chi connectivity index (χ0v) is 15.7. The summed E-state index contributed by atoms with van der Waals surface area (Å²) in [6.45, 7) is 11.1. The molecule has 0 amide bonds.